The average molecular weight is 425 g/mol. The smallest absolute Gasteiger partial charge is 0.251 e. The second-order valence-electron chi connectivity index (χ2n) is 7.57. The number of nitrogens with zero attached hydrogens (tertiary/aromatic N) is 2. The van der Waals surface area contributed by atoms with Gasteiger partial charge in [0, 0.05) is 48.8 Å². The van der Waals surface area contributed by atoms with Crippen LogP contribution >= 0.6 is 0 Å². The first-order valence-electron chi connectivity index (χ1n) is 10.5. The zero-order chi connectivity index (χ0) is 22.5. The number of carbonyl (C=O) groups is 3. The van der Waals surface area contributed by atoms with Crippen LogP contribution in [0.15, 0.2) is 73.0 Å². The molecule has 0 saturated heterocycles. The molecule has 1 N–H and O–H groups in total. The van der Waals surface area contributed by atoms with E-state index in [4.69, 9.17) is 0 Å². The van der Waals surface area contributed by atoms with E-state index in [1.807, 2.05) is 48.5 Å². The second kappa shape index (κ2) is 9.36. The van der Waals surface area contributed by atoms with Crippen LogP contribution in [0.4, 0.5) is 5.69 Å². The van der Waals surface area contributed by atoms with Crippen molar-refractivity contribution in [1.29, 1.82) is 0 Å². The number of nitrogens with one attached hydrogen (secondary N) is 1. The molecule has 0 unspecified atom stereocenters. The Balaban J connectivity index is 1.38. The van der Waals surface area contributed by atoms with Crippen LogP contribution in [0.2, 0.25) is 0 Å². The number of allylic oxidation sites excluding steroid dienone is 1. The first-order valence-corrected chi connectivity index (χ1v) is 10.5. The number of anilines is 1. The third-order valence-electron chi connectivity index (χ3n) is 5.43. The van der Waals surface area contributed by atoms with Gasteiger partial charge in [-0.05, 0) is 29.8 Å². The SMILES string of the molecule is C=C1C=CC(=O)N1CCC(=O)NCCC(=O)N1Cc2ccccc2C#Cc2ccccc21. The van der Waals surface area contributed by atoms with E-state index in [1.165, 1.54) is 11.0 Å². The Kier molecular flexibility index (Phi) is 6.18. The molecule has 0 spiro atoms. The summed E-state index contributed by atoms with van der Waals surface area (Å²) >= 11 is 0. The number of amides is 3. The van der Waals surface area contributed by atoms with Crippen molar-refractivity contribution in [3.05, 3.63) is 89.6 Å². The highest BCUT2D eigenvalue weighted by Gasteiger charge is 2.22. The molecular formula is C26H23N3O3. The molecular weight excluding hydrogens is 402 g/mol. The molecule has 4 rings (SSSR count). The summed E-state index contributed by atoms with van der Waals surface area (Å²) in [6.45, 7) is 4.68. The quantitative estimate of drug-likeness (QED) is 0.724. The van der Waals surface area contributed by atoms with Gasteiger partial charge < -0.3 is 15.1 Å². The predicted molar refractivity (Wildman–Crippen MR) is 122 cm³/mol. The van der Waals surface area contributed by atoms with Crippen LogP contribution < -0.4 is 10.2 Å². The van der Waals surface area contributed by atoms with Crippen molar-refractivity contribution < 1.29 is 14.4 Å². The lowest BCUT2D eigenvalue weighted by atomic mass is 10.0. The maximum Gasteiger partial charge on any atom is 0.251 e. The standard InChI is InChI=1S/C26H23N3O3/c1-19-10-13-25(31)28(19)17-15-24(30)27-16-14-26(32)29-18-22-8-3-2-6-20(22)11-12-21-7-4-5-9-23(21)29/h2-10,13H,1,14-18H2,(H,27,30). The van der Waals surface area contributed by atoms with Crippen LogP contribution in [0.5, 0.6) is 0 Å². The van der Waals surface area contributed by atoms with Crippen LogP contribution in [0.1, 0.15) is 29.5 Å². The van der Waals surface area contributed by atoms with Gasteiger partial charge >= 0.3 is 0 Å². The first-order chi connectivity index (χ1) is 15.5. The minimum atomic E-state index is -0.213. The highest BCUT2D eigenvalue weighted by atomic mass is 16.2. The molecule has 6 heteroatoms. The number of para-hydroxylation sites is 1. The minimum Gasteiger partial charge on any atom is -0.356 e. The lowest BCUT2D eigenvalue weighted by Crippen LogP contribution is -2.36. The Hall–Kier alpha value is -4.11. The van der Waals surface area contributed by atoms with Crippen LogP contribution in [-0.2, 0) is 20.9 Å². The summed E-state index contributed by atoms with van der Waals surface area (Å²) in [6.07, 6.45) is 3.37. The summed E-state index contributed by atoms with van der Waals surface area (Å²) in [5.41, 5.74) is 4.03. The van der Waals surface area contributed by atoms with Gasteiger partial charge in [-0.25, -0.2) is 0 Å². The summed E-state index contributed by atoms with van der Waals surface area (Å²) in [7, 11) is 0. The van der Waals surface area contributed by atoms with Gasteiger partial charge in [-0.15, -0.1) is 0 Å². The Labute approximate surface area is 187 Å². The molecule has 2 aromatic carbocycles. The highest BCUT2D eigenvalue weighted by molar-refractivity contribution is 5.95. The van der Waals surface area contributed by atoms with Gasteiger partial charge in [-0.2, -0.15) is 0 Å². The van der Waals surface area contributed by atoms with Crippen molar-refractivity contribution in [3.8, 4) is 11.8 Å². The van der Waals surface area contributed by atoms with Gasteiger partial charge in [0.15, 0.2) is 0 Å². The third-order valence-corrected chi connectivity index (χ3v) is 5.43. The Morgan fingerprint density at radius 2 is 1.69 bits per heavy atom. The van der Waals surface area contributed by atoms with Crippen molar-refractivity contribution in [3.63, 3.8) is 0 Å². The van der Waals surface area contributed by atoms with E-state index in [0.717, 1.165) is 22.4 Å². The maximum absolute atomic E-state index is 13.1. The normalized spacial score (nSPS) is 14.1. The fourth-order valence-corrected chi connectivity index (χ4v) is 3.70. The van der Waals surface area contributed by atoms with E-state index in [-0.39, 0.29) is 43.7 Å². The first kappa shape index (κ1) is 21.1. The summed E-state index contributed by atoms with van der Waals surface area (Å²) in [4.78, 5) is 40.2. The monoisotopic (exact) mass is 425 g/mol. The summed E-state index contributed by atoms with van der Waals surface area (Å²) in [6, 6.07) is 15.4. The summed E-state index contributed by atoms with van der Waals surface area (Å²) < 4.78 is 0. The molecule has 0 fully saturated rings. The van der Waals surface area contributed by atoms with Crippen molar-refractivity contribution in [2.24, 2.45) is 0 Å². The van der Waals surface area contributed by atoms with Crippen LogP contribution in [0.3, 0.4) is 0 Å². The van der Waals surface area contributed by atoms with Gasteiger partial charge in [0.05, 0.1) is 12.2 Å². The fourth-order valence-electron chi connectivity index (χ4n) is 3.70. The van der Waals surface area contributed by atoms with E-state index in [9.17, 15) is 14.4 Å². The van der Waals surface area contributed by atoms with E-state index in [1.54, 1.807) is 11.0 Å². The molecule has 2 heterocycles. The van der Waals surface area contributed by atoms with Gasteiger partial charge in [0.2, 0.25) is 11.8 Å². The summed E-state index contributed by atoms with van der Waals surface area (Å²) in [5.74, 6) is 5.90. The van der Waals surface area contributed by atoms with Gasteiger partial charge in [0.1, 0.15) is 0 Å². The molecule has 0 saturated carbocycles. The van der Waals surface area contributed by atoms with Crippen molar-refractivity contribution in [1.82, 2.24) is 10.2 Å². The van der Waals surface area contributed by atoms with E-state index in [2.05, 4.69) is 23.7 Å². The van der Waals surface area contributed by atoms with Crippen LogP contribution in [-0.4, -0.2) is 35.7 Å². The molecule has 2 aliphatic rings. The number of hydrogen-bond acceptors (Lipinski definition) is 3. The molecule has 0 atom stereocenters. The van der Waals surface area contributed by atoms with E-state index < -0.39 is 0 Å². The van der Waals surface area contributed by atoms with Crippen molar-refractivity contribution in [2.75, 3.05) is 18.0 Å². The highest BCUT2D eigenvalue weighted by Crippen LogP contribution is 2.25. The zero-order valence-corrected chi connectivity index (χ0v) is 17.6. The molecule has 2 aliphatic heterocycles. The molecule has 160 valence electrons. The van der Waals surface area contributed by atoms with Crippen molar-refractivity contribution >= 4 is 23.4 Å². The molecule has 0 aliphatic carbocycles. The molecule has 0 bridgehead atoms. The third kappa shape index (κ3) is 4.62. The molecule has 3 amide bonds. The number of fused-ring (bicyclic) bond motifs is 2. The lowest BCUT2D eigenvalue weighted by molar-refractivity contribution is -0.124. The molecule has 0 aromatic heterocycles. The minimum absolute atomic E-state index is 0.0939. The Morgan fingerprint density at radius 3 is 2.47 bits per heavy atom. The molecule has 0 radical (unpaired) electrons. The van der Waals surface area contributed by atoms with Gasteiger partial charge in [-0.1, -0.05) is 48.8 Å². The number of rotatable bonds is 6. The number of benzene rings is 2. The zero-order valence-electron chi connectivity index (χ0n) is 17.6. The molecule has 32 heavy (non-hydrogen) atoms. The maximum atomic E-state index is 13.1. The van der Waals surface area contributed by atoms with Gasteiger partial charge in [-0.3, -0.25) is 14.4 Å². The molecule has 2 aromatic rings. The summed E-state index contributed by atoms with van der Waals surface area (Å²) in [5, 5.41) is 2.77. The number of carbonyl (C=O) groups excluding carboxylic acids is 3. The largest absolute Gasteiger partial charge is 0.356 e. The lowest BCUT2D eigenvalue weighted by Gasteiger charge is -2.26. The second-order valence-corrected chi connectivity index (χ2v) is 7.57. The fraction of sp³-hybridized carbons (Fsp3) is 0.192. The van der Waals surface area contributed by atoms with E-state index >= 15 is 0 Å². The van der Waals surface area contributed by atoms with Crippen LogP contribution in [0, 0.1) is 11.8 Å². The van der Waals surface area contributed by atoms with E-state index in [0.29, 0.717) is 12.2 Å². The van der Waals surface area contributed by atoms with Gasteiger partial charge in [0.25, 0.3) is 5.91 Å². The van der Waals surface area contributed by atoms with Crippen LogP contribution in [0.25, 0.3) is 0 Å². The Morgan fingerprint density at radius 1 is 0.969 bits per heavy atom. The molecule has 6 nitrogen and oxygen atoms in total. The Bertz CT molecular complexity index is 1170. The average Bonchev–Trinajstić information content (AvgIpc) is 3.11. The predicted octanol–water partition coefficient (Wildman–Crippen LogP) is 2.74. The van der Waals surface area contributed by atoms with Crippen molar-refractivity contribution in [2.45, 2.75) is 19.4 Å². The topological polar surface area (TPSA) is 69.7 Å². The number of hydrogen-bond donors (Lipinski definition) is 1.